The SMILES string of the molecule is CC(C)CCOCCN1C(=O)CNC(=O)C1CC(C)C. The minimum absolute atomic E-state index is 0.0114. The summed E-state index contributed by atoms with van der Waals surface area (Å²) in [6, 6.07) is -0.343. The minimum Gasteiger partial charge on any atom is -0.380 e. The second kappa shape index (κ2) is 8.25. The van der Waals surface area contributed by atoms with E-state index in [0.29, 0.717) is 38.0 Å². The normalized spacial score (nSPS) is 19.9. The molecule has 0 spiro atoms. The summed E-state index contributed by atoms with van der Waals surface area (Å²) in [5, 5.41) is 2.66. The van der Waals surface area contributed by atoms with E-state index < -0.39 is 0 Å². The molecule has 1 atom stereocenters. The second-order valence-corrected chi connectivity index (χ2v) is 6.25. The van der Waals surface area contributed by atoms with E-state index in [0.717, 1.165) is 6.42 Å². The average Bonchev–Trinajstić information content (AvgIpc) is 2.35. The van der Waals surface area contributed by atoms with Crippen molar-refractivity contribution in [2.75, 3.05) is 26.3 Å². The highest BCUT2D eigenvalue weighted by Gasteiger charge is 2.34. The second-order valence-electron chi connectivity index (χ2n) is 6.25. The van der Waals surface area contributed by atoms with Crippen LogP contribution in [0.15, 0.2) is 0 Å². The van der Waals surface area contributed by atoms with E-state index in [1.165, 1.54) is 0 Å². The molecule has 0 aliphatic carbocycles. The number of ether oxygens (including phenoxy) is 1. The quantitative estimate of drug-likeness (QED) is 0.686. The number of hydrogen-bond donors (Lipinski definition) is 1. The van der Waals surface area contributed by atoms with Crippen molar-refractivity contribution in [1.82, 2.24) is 10.2 Å². The van der Waals surface area contributed by atoms with E-state index in [4.69, 9.17) is 4.74 Å². The maximum Gasteiger partial charge on any atom is 0.243 e. The van der Waals surface area contributed by atoms with Crippen molar-refractivity contribution in [2.24, 2.45) is 11.8 Å². The number of amides is 2. The molecule has 0 radical (unpaired) electrons. The van der Waals surface area contributed by atoms with Crippen molar-refractivity contribution in [1.29, 1.82) is 0 Å². The standard InChI is InChI=1S/C15H28N2O3/c1-11(2)5-7-20-8-6-17-13(9-12(3)4)15(19)16-10-14(17)18/h11-13H,5-10H2,1-4H3,(H,16,19). The van der Waals surface area contributed by atoms with E-state index in [2.05, 4.69) is 33.0 Å². The third-order valence-electron chi connectivity index (χ3n) is 3.42. The maximum absolute atomic E-state index is 12.0. The highest BCUT2D eigenvalue weighted by Crippen LogP contribution is 2.15. The number of piperazine rings is 1. The van der Waals surface area contributed by atoms with Gasteiger partial charge in [-0.25, -0.2) is 0 Å². The van der Waals surface area contributed by atoms with Gasteiger partial charge in [-0.2, -0.15) is 0 Å². The fourth-order valence-electron chi connectivity index (χ4n) is 2.24. The highest BCUT2D eigenvalue weighted by atomic mass is 16.5. The molecule has 1 N–H and O–H groups in total. The lowest BCUT2D eigenvalue weighted by molar-refractivity contribution is -0.147. The van der Waals surface area contributed by atoms with Crippen molar-refractivity contribution in [3.63, 3.8) is 0 Å². The van der Waals surface area contributed by atoms with E-state index in [1.54, 1.807) is 4.90 Å². The van der Waals surface area contributed by atoms with Crippen LogP contribution in [0.5, 0.6) is 0 Å². The predicted molar refractivity (Wildman–Crippen MR) is 78.2 cm³/mol. The first-order valence-corrected chi connectivity index (χ1v) is 7.56. The molecule has 1 saturated heterocycles. The highest BCUT2D eigenvalue weighted by molar-refractivity contribution is 5.94. The summed E-state index contributed by atoms with van der Waals surface area (Å²) >= 11 is 0. The molecule has 1 aliphatic heterocycles. The summed E-state index contributed by atoms with van der Waals surface area (Å²) in [5.41, 5.74) is 0. The van der Waals surface area contributed by atoms with Crippen LogP contribution in [0, 0.1) is 11.8 Å². The number of carbonyl (C=O) groups excluding carboxylic acids is 2. The zero-order chi connectivity index (χ0) is 15.1. The summed E-state index contributed by atoms with van der Waals surface area (Å²) < 4.78 is 5.56. The van der Waals surface area contributed by atoms with Gasteiger partial charge in [-0.3, -0.25) is 9.59 Å². The Bertz CT molecular complexity index is 329. The number of hydrogen-bond acceptors (Lipinski definition) is 3. The van der Waals surface area contributed by atoms with Crippen molar-refractivity contribution < 1.29 is 14.3 Å². The summed E-state index contributed by atoms with van der Waals surface area (Å²) in [5.74, 6) is 0.940. The van der Waals surface area contributed by atoms with Crippen LogP contribution < -0.4 is 5.32 Å². The maximum atomic E-state index is 12.0. The summed E-state index contributed by atoms with van der Waals surface area (Å²) in [7, 11) is 0. The molecule has 1 heterocycles. The molecular formula is C15H28N2O3. The third kappa shape index (κ3) is 5.49. The Morgan fingerprint density at radius 2 is 1.90 bits per heavy atom. The van der Waals surface area contributed by atoms with Crippen LogP contribution in [-0.4, -0.2) is 49.1 Å². The minimum atomic E-state index is -0.343. The van der Waals surface area contributed by atoms with Crippen molar-refractivity contribution in [2.45, 2.75) is 46.6 Å². The first-order valence-electron chi connectivity index (χ1n) is 7.56. The lowest BCUT2D eigenvalue weighted by Gasteiger charge is -2.35. The van der Waals surface area contributed by atoms with Crippen LogP contribution in [0.3, 0.4) is 0 Å². The molecule has 1 fully saturated rings. The first kappa shape index (κ1) is 17.0. The summed E-state index contributed by atoms with van der Waals surface area (Å²) in [6.07, 6.45) is 1.72. The van der Waals surface area contributed by atoms with Gasteiger partial charge in [0.05, 0.1) is 13.2 Å². The van der Waals surface area contributed by atoms with Crippen molar-refractivity contribution in [3.8, 4) is 0 Å². The molecule has 5 nitrogen and oxygen atoms in total. The molecule has 0 aromatic heterocycles. The van der Waals surface area contributed by atoms with E-state index in [9.17, 15) is 9.59 Å². The van der Waals surface area contributed by atoms with Crippen LogP contribution in [0.2, 0.25) is 0 Å². The van der Waals surface area contributed by atoms with E-state index in [-0.39, 0.29) is 24.4 Å². The molecule has 0 saturated carbocycles. The van der Waals surface area contributed by atoms with Gasteiger partial charge in [-0.05, 0) is 24.7 Å². The Hall–Kier alpha value is -1.10. The van der Waals surface area contributed by atoms with Crippen molar-refractivity contribution >= 4 is 11.8 Å². The van der Waals surface area contributed by atoms with Gasteiger partial charge in [0.2, 0.25) is 11.8 Å². The molecule has 0 aromatic rings. The molecule has 116 valence electrons. The van der Waals surface area contributed by atoms with Gasteiger partial charge in [0, 0.05) is 13.2 Å². The van der Waals surface area contributed by atoms with Gasteiger partial charge in [0.1, 0.15) is 6.04 Å². The van der Waals surface area contributed by atoms with Crippen LogP contribution in [0.4, 0.5) is 0 Å². The van der Waals surface area contributed by atoms with Crippen molar-refractivity contribution in [3.05, 3.63) is 0 Å². The zero-order valence-corrected chi connectivity index (χ0v) is 13.1. The van der Waals surface area contributed by atoms with Gasteiger partial charge >= 0.3 is 0 Å². The predicted octanol–water partition coefficient (Wildman–Crippen LogP) is 1.42. The molecule has 1 aliphatic rings. The lowest BCUT2D eigenvalue weighted by Crippen LogP contribution is -2.59. The molecule has 1 unspecified atom stereocenters. The molecule has 20 heavy (non-hydrogen) atoms. The molecule has 0 aromatic carbocycles. The van der Waals surface area contributed by atoms with Gasteiger partial charge in [0.15, 0.2) is 0 Å². The van der Waals surface area contributed by atoms with Gasteiger partial charge in [0.25, 0.3) is 0 Å². The smallest absolute Gasteiger partial charge is 0.243 e. The van der Waals surface area contributed by atoms with E-state index in [1.807, 2.05) is 0 Å². The summed E-state index contributed by atoms with van der Waals surface area (Å²) in [6.45, 7) is 10.2. The number of nitrogens with zero attached hydrogens (tertiary/aromatic N) is 1. The molecular weight excluding hydrogens is 256 g/mol. The molecule has 2 amide bonds. The first-order chi connectivity index (χ1) is 9.41. The molecule has 5 heteroatoms. The monoisotopic (exact) mass is 284 g/mol. The largest absolute Gasteiger partial charge is 0.380 e. The number of carbonyl (C=O) groups is 2. The number of nitrogens with one attached hydrogen (secondary N) is 1. The fourth-order valence-corrected chi connectivity index (χ4v) is 2.24. The van der Waals surface area contributed by atoms with Gasteiger partial charge in [-0.15, -0.1) is 0 Å². The Balaban J connectivity index is 2.45. The van der Waals surface area contributed by atoms with Gasteiger partial charge < -0.3 is 15.0 Å². The van der Waals surface area contributed by atoms with E-state index >= 15 is 0 Å². The Kier molecular flexibility index (Phi) is 6.99. The summed E-state index contributed by atoms with van der Waals surface area (Å²) in [4.78, 5) is 25.6. The topological polar surface area (TPSA) is 58.6 Å². The fraction of sp³-hybridized carbons (Fsp3) is 0.867. The molecule has 1 rings (SSSR count). The van der Waals surface area contributed by atoms with Crippen LogP contribution in [0.1, 0.15) is 40.5 Å². The van der Waals surface area contributed by atoms with Gasteiger partial charge in [-0.1, -0.05) is 27.7 Å². The zero-order valence-electron chi connectivity index (χ0n) is 13.1. The Labute approximate surface area is 122 Å². The lowest BCUT2D eigenvalue weighted by atomic mass is 10.00. The van der Waals surface area contributed by atoms with Crippen LogP contribution in [0.25, 0.3) is 0 Å². The average molecular weight is 284 g/mol. The Morgan fingerprint density at radius 1 is 1.20 bits per heavy atom. The number of rotatable bonds is 8. The van der Waals surface area contributed by atoms with Crippen LogP contribution >= 0.6 is 0 Å². The Morgan fingerprint density at radius 3 is 2.50 bits per heavy atom. The molecule has 0 bridgehead atoms. The third-order valence-corrected chi connectivity index (χ3v) is 3.42. The van der Waals surface area contributed by atoms with Crippen LogP contribution in [-0.2, 0) is 14.3 Å².